The van der Waals surface area contributed by atoms with Crippen molar-refractivity contribution in [1.29, 1.82) is 0 Å². The summed E-state index contributed by atoms with van der Waals surface area (Å²) in [4.78, 5) is 26.7. The lowest BCUT2D eigenvalue weighted by Crippen LogP contribution is -2.36. The van der Waals surface area contributed by atoms with Crippen LogP contribution in [0.5, 0.6) is 0 Å². The lowest BCUT2D eigenvalue weighted by molar-refractivity contribution is -0.132. The van der Waals surface area contributed by atoms with Crippen molar-refractivity contribution < 1.29 is 4.79 Å². The number of aromatic nitrogens is 3. The van der Waals surface area contributed by atoms with E-state index in [9.17, 15) is 9.59 Å². The highest BCUT2D eigenvalue weighted by molar-refractivity contribution is 5.76. The van der Waals surface area contributed by atoms with Crippen LogP contribution < -0.4 is 5.69 Å². The van der Waals surface area contributed by atoms with Crippen LogP contribution >= 0.6 is 0 Å². The van der Waals surface area contributed by atoms with Gasteiger partial charge in [-0.05, 0) is 25.3 Å². The molecule has 3 rings (SSSR count). The normalized spacial score (nSPS) is 15.4. The Balaban J connectivity index is 1.74. The Bertz CT molecular complexity index is 763. The van der Waals surface area contributed by atoms with Gasteiger partial charge in [0.15, 0.2) is 0 Å². The predicted molar refractivity (Wildman–Crippen MR) is 91.7 cm³/mol. The fourth-order valence-electron chi connectivity index (χ4n) is 3.14. The van der Waals surface area contributed by atoms with E-state index < -0.39 is 0 Å². The molecule has 1 unspecified atom stereocenters. The summed E-state index contributed by atoms with van der Waals surface area (Å²) in [6.07, 6.45) is 3.98. The summed E-state index contributed by atoms with van der Waals surface area (Å²) >= 11 is 0. The smallest absolute Gasteiger partial charge is 0.337 e. The van der Waals surface area contributed by atoms with E-state index >= 15 is 0 Å². The van der Waals surface area contributed by atoms with Crippen LogP contribution in [0.2, 0.25) is 0 Å². The zero-order valence-corrected chi connectivity index (χ0v) is 14.3. The first-order valence-corrected chi connectivity index (χ1v) is 8.55. The first-order chi connectivity index (χ1) is 11.6. The summed E-state index contributed by atoms with van der Waals surface area (Å²) in [5, 5.41) is 4.38. The van der Waals surface area contributed by atoms with E-state index in [1.54, 1.807) is 16.5 Å². The van der Waals surface area contributed by atoms with Gasteiger partial charge in [-0.25, -0.2) is 9.48 Å². The standard InChI is InChI=1S/C18H24N4O2/c1-14(15-9-5-3-6-10-15)20(2)17(23)13-22-18(24)21-12-8-4-7-11-16(21)19-22/h3,5-6,9-10,14H,4,7-8,11-13H2,1-2H3. The number of hydrogen-bond acceptors (Lipinski definition) is 3. The molecule has 128 valence electrons. The molecule has 0 spiro atoms. The van der Waals surface area contributed by atoms with Gasteiger partial charge in [0.1, 0.15) is 12.4 Å². The van der Waals surface area contributed by atoms with E-state index in [0.29, 0.717) is 6.54 Å². The minimum Gasteiger partial charge on any atom is -0.337 e. The number of rotatable bonds is 4. The van der Waals surface area contributed by atoms with Crippen molar-refractivity contribution in [3.63, 3.8) is 0 Å². The third-order valence-electron chi connectivity index (χ3n) is 4.82. The fraction of sp³-hybridized carbons (Fsp3) is 0.500. The summed E-state index contributed by atoms with van der Waals surface area (Å²) in [5.41, 5.74) is 0.905. The van der Waals surface area contributed by atoms with E-state index in [-0.39, 0.29) is 24.2 Å². The molecule has 24 heavy (non-hydrogen) atoms. The van der Waals surface area contributed by atoms with Crippen molar-refractivity contribution in [1.82, 2.24) is 19.2 Å². The molecule has 1 aliphatic heterocycles. The second-order valence-electron chi connectivity index (χ2n) is 6.41. The average molecular weight is 328 g/mol. The number of fused-ring (bicyclic) bond motifs is 1. The SMILES string of the molecule is CC(c1ccccc1)N(C)C(=O)Cn1nc2n(c1=O)CCCCC2. The largest absolute Gasteiger partial charge is 0.346 e. The number of nitrogens with zero attached hydrogens (tertiary/aromatic N) is 4. The number of benzene rings is 1. The molecule has 2 heterocycles. The Labute approximate surface area is 141 Å². The first-order valence-electron chi connectivity index (χ1n) is 8.55. The molecule has 0 saturated carbocycles. The van der Waals surface area contributed by atoms with E-state index in [2.05, 4.69) is 5.10 Å². The predicted octanol–water partition coefficient (Wildman–Crippen LogP) is 1.99. The Morgan fingerprint density at radius 2 is 2.00 bits per heavy atom. The summed E-state index contributed by atoms with van der Waals surface area (Å²) in [7, 11) is 1.77. The van der Waals surface area contributed by atoms with Crippen LogP contribution in [-0.4, -0.2) is 32.2 Å². The van der Waals surface area contributed by atoms with Crippen LogP contribution in [0.1, 0.15) is 43.6 Å². The second-order valence-corrected chi connectivity index (χ2v) is 6.41. The molecule has 0 bridgehead atoms. The molecule has 6 nitrogen and oxygen atoms in total. The maximum absolute atomic E-state index is 12.6. The van der Waals surface area contributed by atoms with Gasteiger partial charge in [0.25, 0.3) is 0 Å². The molecule has 0 aliphatic carbocycles. The van der Waals surface area contributed by atoms with Gasteiger partial charge in [-0.15, -0.1) is 0 Å². The van der Waals surface area contributed by atoms with E-state index in [1.165, 1.54) is 4.68 Å². The molecule has 1 aromatic carbocycles. The lowest BCUT2D eigenvalue weighted by atomic mass is 10.1. The average Bonchev–Trinajstić information content (AvgIpc) is 2.78. The number of aryl methyl sites for hydroxylation is 1. The molecule has 0 N–H and O–H groups in total. The molecule has 1 amide bonds. The van der Waals surface area contributed by atoms with Crippen molar-refractivity contribution >= 4 is 5.91 Å². The molecule has 1 aromatic heterocycles. The van der Waals surface area contributed by atoms with Gasteiger partial charge >= 0.3 is 5.69 Å². The van der Waals surface area contributed by atoms with Crippen molar-refractivity contribution in [2.45, 2.75) is 51.7 Å². The van der Waals surface area contributed by atoms with Gasteiger partial charge < -0.3 is 4.90 Å². The lowest BCUT2D eigenvalue weighted by Gasteiger charge is -2.25. The van der Waals surface area contributed by atoms with Gasteiger partial charge in [-0.3, -0.25) is 9.36 Å². The maximum atomic E-state index is 12.6. The van der Waals surface area contributed by atoms with E-state index in [0.717, 1.165) is 37.1 Å². The summed E-state index contributed by atoms with van der Waals surface area (Å²) in [6.45, 7) is 2.68. The molecule has 0 fully saturated rings. The highest BCUT2D eigenvalue weighted by Crippen LogP contribution is 2.18. The number of hydrogen-bond donors (Lipinski definition) is 0. The van der Waals surface area contributed by atoms with Gasteiger partial charge in [0.2, 0.25) is 5.91 Å². The molecule has 0 saturated heterocycles. The third-order valence-corrected chi connectivity index (χ3v) is 4.82. The van der Waals surface area contributed by atoms with E-state index in [4.69, 9.17) is 0 Å². The highest BCUT2D eigenvalue weighted by atomic mass is 16.2. The minimum atomic E-state index is -0.166. The van der Waals surface area contributed by atoms with Gasteiger partial charge in [0, 0.05) is 20.0 Å². The van der Waals surface area contributed by atoms with Crippen LogP contribution in [-0.2, 0) is 24.3 Å². The van der Waals surface area contributed by atoms with Crippen LogP contribution in [0.4, 0.5) is 0 Å². The van der Waals surface area contributed by atoms with Crippen molar-refractivity contribution in [2.75, 3.05) is 7.05 Å². The molecule has 2 aromatic rings. The Kier molecular flexibility index (Phi) is 4.83. The zero-order chi connectivity index (χ0) is 17.1. The number of likely N-dealkylation sites (N-methyl/N-ethyl adjacent to an activating group) is 1. The summed E-state index contributed by atoms with van der Waals surface area (Å²) in [6, 6.07) is 9.83. The minimum absolute atomic E-state index is 0.00743. The van der Waals surface area contributed by atoms with Crippen molar-refractivity contribution in [3.8, 4) is 0 Å². The fourth-order valence-corrected chi connectivity index (χ4v) is 3.14. The Morgan fingerprint density at radius 1 is 1.25 bits per heavy atom. The molecular formula is C18H24N4O2. The number of carbonyl (C=O) groups is 1. The zero-order valence-electron chi connectivity index (χ0n) is 14.3. The van der Waals surface area contributed by atoms with Gasteiger partial charge in [0.05, 0.1) is 6.04 Å². The number of carbonyl (C=O) groups excluding carboxylic acids is 1. The first kappa shape index (κ1) is 16.5. The number of amides is 1. The van der Waals surface area contributed by atoms with Gasteiger partial charge in [-0.1, -0.05) is 36.8 Å². The molecule has 1 aliphatic rings. The van der Waals surface area contributed by atoms with Crippen LogP contribution in [0.15, 0.2) is 35.1 Å². The third kappa shape index (κ3) is 3.27. The van der Waals surface area contributed by atoms with Crippen LogP contribution in [0.3, 0.4) is 0 Å². The summed E-state index contributed by atoms with van der Waals surface area (Å²) < 4.78 is 3.04. The van der Waals surface area contributed by atoms with Crippen LogP contribution in [0.25, 0.3) is 0 Å². The summed E-state index contributed by atoms with van der Waals surface area (Å²) in [5.74, 6) is 0.700. The van der Waals surface area contributed by atoms with Crippen molar-refractivity contribution in [3.05, 3.63) is 52.2 Å². The van der Waals surface area contributed by atoms with Gasteiger partial charge in [-0.2, -0.15) is 5.10 Å². The topological polar surface area (TPSA) is 60.1 Å². The Morgan fingerprint density at radius 3 is 2.75 bits per heavy atom. The molecule has 0 radical (unpaired) electrons. The van der Waals surface area contributed by atoms with Crippen LogP contribution in [0, 0.1) is 0 Å². The highest BCUT2D eigenvalue weighted by Gasteiger charge is 2.21. The second kappa shape index (κ2) is 7.03. The quantitative estimate of drug-likeness (QED) is 0.862. The van der Waals surface area contributed by atoms with Crippen molar-refractivity contribution in [2.24, 2.45) is 0 Å². The molecule has 6 heteroatoms. The molecule has 1 atom stereocenters. The van der Waals surface area contributed by atoms with E-state index in [1.807, 2.05) is 37.3 Å². The maximum Gasteiger partial charge on any atom is 0.346 e. The Hall–Kier alpha value is -2.37. The molecular weight excluding hydrogens is 304 g/mol. The monoisotopic (exact) mass is 328 g/mol.